The monoisotopic (exact) mass is 434 g/mol. The zero-order valence-electron chi connectivity index (χ0n) is 18.9. The van der Waals surface area contributed by atoms with E-state index in [1.165, 1.54) is 5.56 Å². The molecule has 3 aromatic rings. The number of likely N-dealkylation sites (tertiary alicyclic amines) is 1. The number of piperidine rings is 1. The summed E-state index contributed by atoms with van der Waals surface area (Å²) in [5, 5.41) is 7.17. The Morgan fingerprint density at radius 1 is 1.19 bits per heavy atom. The minimum Gasteiger partial charge on any atom is -0.497 e. The summed E-state index contributed by atoms with van der Waals surface area (Å²) in [5.74, 6) is 2.38. The lowest BCUT2D eigenvalue weighted by Crippen LogP contribution is -2.40. The first-order valence-corrected chi connectivity index (χ1v) is 11.1. The van der Waals surface area contributed by atoms with E-state index < -0.39 is 0 Å². The molecule has 168 valence electrons. The van der Waals surface area contributed by atoms with Gasteiger partial charge in [0, 0.05) is 17.8 Å². The molecule has 7 heteroatoms. The number of carbonyl (C=O) groups excluding carboxylic acids is 1. The van der Waals surface area contributed by atoms with Crippen LogP contribution in [-0.2, 0) is 11.3 Å². The van der Waals surface area contributed by atoms with E-state index >= 15 is 0 Å². The van der Waals surface area contributed by atoms with E-state index in [1.54, 1.807) is 7.11 Å². The summed E-state index contributed by atoms with van der Waals surface area (Å²) in [6, 6.07) is 15.7. The van der Waals surface area contributed by atoms with Crippen molar-refractivity contribution in [2.24, 2.45) is 5.92 Å². The molecule has 0 spiro atoms. The zero-order chi connectivity index (χ0) is 22.5. The number of ether oxygens (including phenoxy) is 1. The van der Waals surface area contributed by atoms with Crippen LogP contribution < -0.4 is 10.1 Å². The third-order valence-corrected chi connectivity index (χ3v) is 5.90. The number of benzene rings is 2. The van der Waals surface area contributed by atoms with Crippen molar-refractivity contribution in [3.63, 3.8) is 0 Å². The molecule has 0 bridgehead atoms. The lowest BCUT2D eigenvalue weighted by atomic mass is 9.97. The molecule has 32 heavy (non-hydrogen) atoms. The summed E-state index contributed by atoms with van der Waals surface area (Å²) in [6.45, 7) is 6.44. The van der Waals surface area contributed by atoms with E-state index in [0.717, 1.165) is 36.4 Å². The summed E-state index contributed by atoms with van der Waals surface area (Å²) < 4.78 is 10.7. The Kier molecular flexibility index (Phi) is 6.85. The van der Waals surface area contributed by atoms with E-state index in [2.05, 4.69) is 46.3 Å². The summed E-state index contributed by atoms with van der Waals surface area (Å²) in [5.41, 5.74) is 2.98. The van der Waals surface area contributed by atoms with Crippen molar-refractivity contribution >= 4 is 11.6 Å². The number of hydrogen-bond donors (Lipinski definition) is 1. The average molecular weight is 435 g/mol. The lowest BCUT2D eigenvalue weighted by Gasteiger charge is -2.30. The Bertz CT molecular complexity index is 1030. The summed E-state index contributed by atoms with van der Waals surface area (Å²) in [4.78, 5) is 19.6. The predicted octanol–water partition coefficient (Wildman–Crippen LogP) is 4.72. The first-order chi connectivity index (χ1) is 15.5. The molecule has 1 aromatic heterocycles. The minimum absolute atomic E-state index is 0.0579. The van der Waals surface area contributed by atoms with Gasteiger partial charge >= 0.3 is 0 Å². The van der Waals surface area contributed by atoms with Gasteiger partial charge < -0.3 is 14.6 Å². The van der Waals surface area contributed by atoms with Gasteiger partial charge in [-0.25, -0.2) is 0 Å². The molecule has 1 N–H and O–H groups in total. The van der Waals surface area contributed by atoms with Gasteiger partial charge in [-0.05, 0) is 67.3 Å². The molecule has 0 radical (unpaired) electrons. The fourth-order valence-corrected chi connectivity index (χ4v) is 3.98. The van der Waals surface area contributed by atoms with Gasteiger partial charge in [-0.2, -0.15) is 4.98 Å². The summed E-state index contributed by atoms with van der Waals surface area (Å²) >= 11 is 0. The number of rotatable bonds is 7. The second-order valence-electron chi connectivity index (χ2n) is 8.58. The van der Waals surface area contributed by atoms with Crippen molar-refractivity contribution < 1.29 is 14.1 Å². The van der Waals surface area contributed by atoms with Crippen LogP contribution in [0.15, 0.2) is 53.1 Å². The number of amides is 1. The Morgan fingerprint density at radius 2 is 1.94 bits per heavy atom. The quantitative estimate of drug-likeness (QED) is 0.580. The molecule has 0 aliphatic carbocycles. The van der Waals surface area contributed by atoms with E-state index in [9.17, 15) is 4.79 Å². The lowest BCUT2D eigenvalue weighted by molar-refractivity contribution is -0.121. The number of anilines is 1. The number of carbonyl (C=O) groups is 1. The van der Waals surface area contributed by atoms with Crippen LogP contribution in [0.3, 0.4) is 0 Å². The molecule has 1 atom stereocenters. The third kappa shape index (κ3) is 5.34. The van der Waals surface area contributed by atoms with Crippen molar-refractivity contribution in [3.05, 3.63) is 60.0 Å². The Labute approximate surface area is 188 Å². The zero-order valence-corrected chi connectivity index (χ0v) is 18.9. The highest BCUT2D eigenvalue weighted by atomic mass is 16.5. The van der Waals surface area contributed by atoms with Crippen molar-refractivity contribution in [2.75, 3.05) is 25.5 Å². The molecule has 1 amide bonds. The van der Waals surface area contributed by atoms with Crippen LogP contribution in [0.5, 0.6) is 5.75 Å². The second kappa shape index (κ2) is 9.96. The molecule has 1 fully saturated rings. The van der Waals surface area contributed by atoms with Gasteiger partial charge in [-0.15, -0.1) is 0 Å². The van der Waals surface area contributed by atoms with Crippen LogP contribution in [0, 0.1) is 5.92 Å². The topological polar surface area (TPSA) is 80.5 Å². The van der Waals surface area contributed by atoms with Gasteiger partial charge in [-0.1, -0.05) is 31.1 Å². The highest BCUT2D eigenvalue weighted by molar-refractivity contribution is 5.92. The molecule has 7 nitrogen and oxygen atoms in total. The summed E-state index contributed by atoms with van der Waals surface area (Å²) in [7, 11) is 1.63. The van der Waals surface area contributed by atoms with Gasteiger partial charge in [0.25, 0.3) is 0 Å². The Hall–Kier alpha value is -3.19. The molecule has 2 heterocycles. The van der Waals surface area contributed by atoms with E-state index in [0.29, 0.717) is 30.7 Å². The first kappa shape index (κ1) is 22.0. The van der Waals surface area contributed by atoms with Crippen LogP contribution in [0.2, 0.25) is 0 Å². The van der Waals surface area contributed by atoms with Crippen molar-refractivity contribution in [2.45, 2.75) is 39.2 Å². The maximum atomic E-state index is 12.8. The van der Waals surface area contributed by atoms with Crippen LogP contribution in [-0.4, -0.2) is 41.1 Å². The van der Waals surface area contributed by atoms with E-state index in [1.807, 2.05) is 36.4 Å². The standard InChI is InChI=1S/C25H30N4O3/c1-17(2)18-6-10-21(11-7-18)26-25(30)20-5-4-14-29(15-20)16-23-27-24(28-32-23)19-8-12-22(31-3)13-9-19/h6-13,17,20H,4-5,14-16H2,1-3H3,(H,26,30). The van der Waals surface area contributed by atoms with Crippen LogP contribution in [0.4, 0.5) is 5.69 Å². The number of methoxy groups -OCH3 is 1. The maximum absolute atomic E-state index is 12.8. The van der Waals surface area contributed by atoms with E-state index in [-0.39, 0.29) is 11.8 Å². The molecule has 1 unspecified atom stereocenters. The molecule has 1 saturated heterocycles. The van der Waals surface area contributed by atoms with Gasteiger partial charge in [0.1, 0.15) is 5.75 Å². The minimum atomic E-state index is -0.0579. The maximum Gasteiger partial charge on any atom is 0.241 e. The van der Waals surface area contributed by atoms with Crippen LogP contribution >= 0.6 is 0 Å². The van der Waals surface area contributed by atoms with Crippen molar-refractivity contribution in [1.82, 2.24) is 15.0 Å². The fourth-order valence-electron chi connectivity index (χ4n) is 3.98. The highest BCUT2D eigenvalue weighted by Gasteiger charge is 2.27. The molecule has 4 rings (SSSR count). The number of nitrogens with one attached hydrogen (secondary N) is 1. The molecule has 0 saturated carbocycles. The molecular formula is C25H30N4O3. The van der Waals surface area contributed by atoms with Gasteiger partial charge in [0.2, 0.25) is 17.6 Å². The van der Waals surface area contributed by atoms with Crippen LogP contribution in [0.1, 0.15) is 44.1 Å². The predicted molar refractivity (Wildman–Crippen MR) is 123 cm³/mol. The van der Waals surface area contributed by atoms with Crippen molar-refractivity contribution in [3.8, 4) is 17.1 Å². The Balaban J connectivity index is 1.33. The SMILES string of the molecule is COc1ccc(-c2noc(CN3CCCC(C(=O)Nc4ccc(C(C)C)cc4)C3)n2)cc1. The number of hydrogen-bond acceptors (Lipinski definition) is 6. The van der Waals surface area contributed by atoms with Crippen molar-refractivity contribution in [1.29, 1.82) is 0 Å². The van der Waals surface area contributed by atoms with Gasteiger partial charge in [0.15, 0.2) is 0 Å². The van der Waals surface area contributed by atoms with Crippen LogP contribution in [0.25, 0.3) is 11.4 Å². The number of nitrogens with zero attached hydrogens (tertiary/aromatic N) is 3. The number of aromatic nitrogens is 2. The molecule has 2 aromatic carbocycles. The Morgan fingerprint density at radius 3 is 2.62 bits per heavy atom. The molecule has 1 aliphatic heterocycles. The fraction of sp³-hybridized carbons (Fsp3) is 0.400. The molecule has 1 aliphatic rings. The normalized spacial score (nSPS) is 16.8. The smallest absolute Gasteiger partial charge is 0.241 e. The summed E-state index contributed by atoms with van der Waals surface area (Å²) in [6.07, 6.45) is 1.84. The highest BCUT2D eigenvalue weighted by Crippen LogP contribution is 2.23. The average Bonchev–Trinajstić information content (AvgIpc) is 3.28. The first-order valence-electron chi connectivity index (χ1n) is 11.1. The second-order valence-corrected chi connectivity index (χ2v) is 8.58. The third-order valence-electron chi connectivity index (χ3n) is 5.90. The largest absolute Gasteiger partial charge is 0.497 e. The van der Waals surface area contributed by atoms with Gasteiger partial charge in [0.05, 0.1) is 19.6 Å². The van der Waals surface area contributed by atoms with E-state index in [4.69, 9.17) is 9.26 Å². The molecular weight excluding hydrogens is 404 g/mol. The van der Waals surface area contributed by atoms with Gasteiger partial charge in [-0.3, -0.25) is 9.69 Å².